The Morgan fingerprint density at radius 3 is 2.41 bits per heavy atom. The van der Waals surface area contributed by atoms with Gasteiger partial charge in [-0.05, 0) is 67.4 Å². The Kier molecular flexibility index (Phi) is 6.37. The average molecular weight is 536 g/mol. The van der Waals surface area contributed by atoms with E-state index in [4.69, 9.17) is 4.74 Å². The monoisotopic (exact) mass is 535 g/mol. The molecule has 2 heterocycles. The van der Waals surface area contributed by atoms with Crippen molar-refractivity contribution in [3.05, 3.63) is 103 Å². The number of nitrogens with zero attached hydrogens (tertiary/aromatic N) is 3. The number of hydrogen-bond donors (Lipinski definition) is 0. The number of aromatic nitrogens is 2. The van der Waals surface area contributed by atoms with Gasteiger partial charge in [0.1, 0.15) is 27.9 Å². The number of nitriles is 1. The van der Waals surface area contributed by atoms with Gasteiger partial charge in [0, 0.05) is 10.7 Å². The number of rotatable bonds is 5. The summed E-state index contributed by atoms with van der Waals surface area (Å²) < 4.78 is 34.3. The van der Waals surface area contributed by atoms with E-state index in [0.29, 0.717) is 15.9 Å². The van der Waals surface area contributed by atoms with E-state index in [0.717, 1.165) is 17.2 Å². The lowest BCUT2D eigenvalue weighted by Crippen LogP contribution is -2.20. The highest BCUT2D eigenvalue weighted by atomic mass is 79.9. The van der Waals surface area contributed by atoms with Crippen LogP contribution in [0.1, 0.15) is 16.7 Å². The number of aryl methyl sites for hydroxylation is 2. The molecular weight excluding hydrogens is 518 g/mol. The van der Waals surface area contributed by atoms with Crippen molar-refractivity contribution in [2.24, 2.45) is 0 Å². The molecule has 0 atom stereocenters. The van der Waals surface area contributed by atoms with Crippen LogP contribution >= 0.6 is 15.9 Å². The first-order valence-electron chi connectivity index (χ1n) is 10.1. The number of halogens is 1. The highest BCUT2D eigenvalue weighted by Gasteiger charge is 2.24. The summed E-state index contributed by atoms with van der Waals surface area (Å²) >= 11 is 3.26. The Morgan fingerprint density at radius 2 is 1.74 bits per heavy atom. The molecule has 9 heteroatoms. The fraction of sp³-hybridized carbons (Fsp3) is 0.0800. The van der Waals surface area contributed by atoms with E-state index in [-0.39, 0.29) is 16.3 Å². The molecule has 0 bridgehead atoms. The summed E-state index contributed by atoms with van der Waals surface area (Å²) in [4.78, 5) is 17.3. The summed E-state index contributed by atoms with van der Waals surface area (Å²) in [5, 5.41) is 9.74. The van der Waals surface area contributed by atoms with Crippen molar-refractivity contribution in [1.82, 2.24) is 9.38 Å². The van der Waals surface area contributed by atoms with Gasteiger partial charge in [0.15, 0.2) is 0 Å². The predicted octanol–water partition coefficient (Wildman–Crippen LogP) is 5.20. The number of sulfone groups is 1. The van der Waals surface area contributed by atoms with Crippen LogP contribution in [0.3, 0.4) is 0 Å². The van der Waals surface area contributed by atoms with E-state index in [1.165, 1.54) is 22.7 Å². The quantitative estimate of drug-likeness (QED) is 0.325. The lowest BCUT2D eigenvalue weighted by Gasteiger charge is -2.13. The fourth-order valence-electron chi connectivity index (χ4n) is 3.31. The van der Waals surface area contributed by atoms with Crippen molar-refractivity contribution in [2.75, 3.05) is 0 Å². The molecule has 2 aromatic heterocycles. The maximum Gasteiger partial charge on any atom is 0.269 e. The first-order valence-corrected chi connectivity index (χ1v) is 12.4. The smallest absolute Gasteiger partial charge is 0.269 e. The molecule has 0 unspecified atom stereocenters. The summed E-state index contributed by atoms with van der Waals surface area (Å²) in [6.07, 6.45) is 2.55. The Bertz CT molecular complexity index is 1650. The Hall–Kier alpha value is -3.74. The van der Waals surface area contributed by atoms with Crippen LogP contribution in [-0.4, -0.2) is 17.8 Å². The van der Waals surface area contributed by atoms with Crippen LogP contribution in [0, 0.1) is 25.2 Å². The van der Waals surface area contributed by atoms with Crippen molar-refractivity contribution in [3.8, 4) is 17.7 Å². The second kappa shape index (κ2) is 9.25. The van der Waals surface area contributed by atoms with Crippen molar-refractivity contribution in [1.29, 1.82) is 5.26 Å². The molecule has 0 saturated heterocycles. The zero-order valence-electron chi connectivity index (χ0n) is 18.2. The molecule has 0 spiro atoms. The van der Waals surface area contributed by atoms with Crippen LogP contribution in [0.5, 0.6) is 11.6 Å². The Morgan fingerprint density at radius 1 is 1.06 bits per heavy atom. The summed E-state index contributed by atoms with van der Waals surface area (Å²) in [7, 11) is -4.19. The minimum Gasteiger partial charge on any atom is -0.438 e. The van der Waals surface area contributed by atoms with E-state index in [1.54, 1.807) is 49.4 Å². The zero-order valence-corrected chi connectivity index (χ0v) is 20.6. The third-order valence-corrected chi connectivity index (χ3v) is 7.36. The molecule has 0 aliphatic carbocycles. The molecule has 4 aromatic rings. The van der Waals surface area contributed by atoms with E-state index in [2.05, 4.69) is 20.9 Å². The molecule has 4 rings (SSSR count). The molecule has 170 valence electrons. The lowest BCUT2D eigenvalue weighted by molar-refractivity contribution is 0.457. The normalized spacial score (nSPS) is 11.9. The number of benzene rings is 2. The summed E-state index contributed by atoms with van der Waals surface area (Å²) in [6, 6.07) is 18.3. The highest BCUT2D eigenvalue weighted by Crippen LogP contribution is 2.29. The number of fused-ring (bicyclic) bond motifs is 1. The molecule has 0 radical (unpaired) electrons. The van der Waals surface area contributed by atoms with Crippen LogP contribution in [-0.2, 0) is 9.84 Å². The number of ether oxygens (including phenoxy) is 1. The number of para-hydroxylation sites is 1. The van der Waals surface area contributed by atoms with Gasteiger partial charge < -0.3 is 4.74 Å². The summed E-state index contributed by atoms with van der Waals surface area (Å²) in [6.45, 7) is 3.64. The molecule has 7 nitrogen and oxygen atoms in total. The average Bonchev–Trinajstić information content (AvgIpc) is 2.81. The molecule has 0 saturated carbocycles. The second-order valence-corrected chi connectivity index (χ2v) is 10.3. The van der Waals surface area contributed by atoms with Crippen LogP contribution in [0.2, 0.25) is 0 Å². The van der Waals surface area contributed by atoms with E-state index >= 15 is 0 Å². The Balaban J connectivity index is 1.98. The second-order valence-electron chi connectivity index (χ2n) is 7.47. The van der Waals surface area contributed by atoms with Gasteiger partial charge >= 0.3 is 0 Å². The first-order chi connectivity index (χ1) is 16.2. The van der Waals surface area contributed by atoms with Crippen molar-refractivity contribution in [2.45, 2.75) is 18.7 Å². The molecule has 34 heavy (non-hydrogen) atoms. The number of hydrogen-bond acceptors (Lipinski definition) is 6. The van der Waals surface area contributed by atoms with Crippen LogP contribution < -0.4 is 10.3 Å². The largest absolute Gasteiger partial charge is 0.438 e. The summed E-state index contributed by atoms with van der Waals surface area (Å²) in [5.74, 6) is 0.364. The lowest BCUT2D eigenvalue weighted by atomic mass is 10.2. The predicted molar refractivity (Wildman–Crippen MR) is 132 cm³/mol. The molecule has 2 aromatic carbocycles. The topological polar surface area (TPSA) is 102 Å². The molecule has 0 N–H and O–H groups in total. The van der Waals surface area contributed by atoms with Crippen LogP contribution in [0.25, 0.3) is 11.7 Å². The van der Waals surface area contributed by atoms with Gasteiger partial charge in [0.2, 0.25) is 15.7 Å². The van der Waals surface area contributed by atoms with Gasteiger partial charge in [-0.15, -0.1) is 0 Å². The molecule has 0 aliphatic heterocycles. The third-order valence-electron chi connectivity index (χ3n) is 5.15. The van der Waals surface area contributed by atoms with Crippen molar-refractivity contribution < 1.29 is 13.2 Å². The van der Waals surface area contributed by atoms with Crippen molar-refractivity contribution >= 4 is 37.5 Å². The molecule has 0 amide bonds. The van der Waals surface area contributed by atoms with E-state index in [9.17, 15) is 18.5 Å². The van der Waals surface area contributed by atoms with Gasteiger partial charge in [-0.25, -0.2) is 8.42 Å². The molecule has 0 aliphatic rings. The number of pyridine rings is 1. The SMILES string of the molecule is Cc1ccccc1Oc1nc2c(C)cccn2c(=O)c1/C=C(/C#N)S(=O)(=O)c1ccc(Br)cc1. The van der Waals surface area contributed by atoms with E-state index in [1.807, 2.05) is 19.1 Å². The fourth-order valence-corrected chi connectivity index (χ4v) is 4.72. The molecular formula is C25H18BrN3O4S. The van der Waals surface area contributed by atoms with Crippen LogP contribution in [0.15, 0.2) is 85.9 Å². The van der Waals surface area contributed by atoms with E-state index < -0.39 is 20.3 Å². The van der Waals surface area contributed by atoms with Crippen molar-refractivity contribution in [3.63, 3.8) is 0 Å². The van der Waals surface area contributed by atoms with Gasteiger partial charge in [-0.1, -0.05) is 40.2 Å². The minimum absolute atomic E-state index is 0.0745. The minimum atomic E-state index is -4.19. The van der Waals surface area contributed by atoms with Gasteiger partial charge in [0.05, 0.1) is 4.90 Å². The Labute approximate surface area is 204 Å². The third kappa shape index (κ3) is 4.38. The van der Waals surface area contributed by atoms with Gasteiger partial charge in [-0.2, -0.15) is 10.2 Å². The first kappa shape index (κ1) is 23.4. The highest BCUT2D eigenvalue weighted by molar-refractivity contribution is 9.10. The number of allylic oxidation sites excluding steroid dienone is 1. The van der Waals surface area contributed by atoms with Crippen LogP contribution in [0.4, 0.5) is 0 Å². The maximum absolute atomic E-state index is 13.4. The van der Waals surface area contributed by atoms with Gasteiger partial charge in [-0.3, -0.25) is 9.20 Å². The van der Waals surface area contributed by atoms with Gasteiger partial charge in [0.25, 0.3) is 5.56 Å². The molecule has 0 fully saturated rings. The zero-order chi connectivity index (χ0) is 24.5. The summed E-state index contributed by atoms with van der Waals surface area (Å²) in [5.41, 5.74) is 1.18. The standard InChI is InChI=1S/C25H18BrN3O4S/c1-16-6-3-4-8-22(16)33-24-21(25(30)29-13-5-7-17(2)23(29)28-24)14-20(15-27)34(31,32)19-11-9-18(26)10-12-19/h3-14H,1-2H3/b20-14-. The maximum atomic E-state index is 13.4.